The average molecular weight is 385 g/mol. The largest absolute Gasteiger partial charge is 0.339 e. The van der Waals surface area contributed by atoms with Gasteiger partial charge in [0.15, 0.2) is 0 Å². The highest BCUT2D eigenvalue weighted by atomic mass is 16.1. The van der Waals surface area contributed by atoms with Crippen LogP contribution in [0.3, 0.4) is 0 Å². The molecule has 6 nitrogen and oxygen atoms in total. The van der Waals surface area contributed by atoms with Crippen LogP contribution in [-0.4, -0.2) is 14.5 Å². The van der Waals surface area contributed by atoms with Gasteiger partial charge < -0.3 is 15.2 Å². The van der Waals surface area contributed by atoms with Gasteiger partial charge in [0.2, 0.25) is 0 Å². The van der Waals surface area contributed by atoms with E-state index in [1.165, 1.54) is 5.56 Å². The molecule has 0 bridgehead atoms. The Hall–Kier alpha value is -3.67. The zero-order valence-electron chi connectivity index (χ0n) is 16.7. The average Bonchev–Trinajstić information content (AvgIpc) is 2.71. The number of nitrogens with zero attached hydrogens (tertiary/aromatic N) is 3. The molecule has 0 aliphatic heterocycles. The fourth-order valence-electron chi connectivity index (χ4n) is 3.21. The first-order valence-electron chi connectivity index (χ1n) is 9.59. The Kier molecular flexibility index (Phi) is 4.99. The standard InChI is InChI=1S/C23H23N5O/c1-4-16-5-7-18(8-6-16)25-22-21-17(10-12-28(3)23(21)29)14-20(27-22)26-19-13-15(2)9-11-24-19/h5-14H,4H2,1-3H3,(H2,24,25,26,27). The van der Waals surface area contributed by atoms with Crippen molar-refractivity contribution in [2.24, 2.45) is 7.05 Å². The minimum atomic E-state index is -0.0945. The normalized spacial score (nSPS) is 10.9. The summed E-state index contributed by atoms with van der Waals surface area (Å²) in [5.74, 6) is 1.85. The molecule has 0 aliphatic rings. The van der Waals surface area contributed by atoms with Crippen LogP contribution in [0.2, 0.25) is 0 Å². The van der Waals surface area contributed by atoms with Crippen molar-refractivity contribution in [3.63, 3.8) is 0 Å². The summed E-state index contributed by atoms with van der Waals surface area (Å²) in [5, 5.41) is 7.93. The lowest BCUT2D eigenvalue weighted by molar-refractivity contribution is 0.873. The highest BCUT2D eigenvalue weighted by molar-refractivity contribution is 5.94. The van der Waals surface area contributed by atoms with Gasteiger partial charge in [-0.3, -0.25) is 4.79 Å². The predicted octanol–water partition coefficient (Wildman–Crippen LogP) is 4.69. The molecule has 0 amide bonds. The third-order valence-electron chi connectivity index (χ3n) is 4.86. The molecular weight excluding hydrogens is 362 g/mol. The number of fused-ring (bicyclic) bond motifs is 1. The van der Waals surface area contributed by atoms with E-state index in [1.807, 2.05) is 43.3 Å². The fourth-order valence-corrected chi connectivity index (χ4v) is 3.21. The van der Waals surface area contributed by atoms with Gasteiger partial charge in [0.05, 0.1) is 5.39 Å². The van der Waals surface area contributed by atoms with Gasteiger partial charge in [0.25, 0.3) is 5.56 Å². The molecule has 6 heteroatoms. The second-order valence-electron chi connectivity index (χ2n) is 7.07. The second-order valence-corrected chi connectivity index (χ2v) is 7.07. The highest BCUT2D eigenvalue weighted by Crippen LogP contribution is 2.26. The fraction of sp³-hybridized carbons (Fsp3) is 0.174. The Morgan fingerprint density at radius 2 is 1.79 bits per heavy atom. The summed E-state index contributed by atoms with van der Waals surface area (Å²) in [5.41, 5.74) is 3.15. The van der Waals surface area contributed by atoms with Crippen molar-refractivity contribution < 1.29 is 0 Å². The van der Waals surface area contributed by atoms with Crippen molar-refractivity contribution in [3.8, 4) is 0 Å². The SMILES string of the molecule is CCc1ccc(Nc2nc(Nc3cc(C)ccn3)cc3ccn(C)c(=O)c23)cc1. The number of benzene rings is 1. The second kappa shape index (κ2) is 7.75. The molecule has 1 aromatic carbocycles. The van der Waals surface area contributed by atoms with Crippen LogP contribution < -0.4 is 16.2 Å². The summed E-state index contributed by atoms with van der Waals surface area (Å²) in [7, 11) is 1.74. The van der Waals surface area contributed by atoms with Crippen LogP contribution in [0.4, 0.5) is 23.1 Å². The maximum Gasteiger partial charge on any atom is 0.261 e. The van der Waals surface area contributed by atoms with E-state index in [4.69, 9.17) is 4.98 Å². The van der Waals surface area contributed by atoms with Crippen LogP contribution in [0, 0.1) is 6.92 Å². The molecule has 3 heterocycles. The van der Waals surface area contributed by atoms with Gasteiger partial charge in [-0.05, 0) is 66.3 Å². The Morgan fingerprint density at radius 1 is 1.00 bits per heavy atom. The van der Waals surface area contributed by atoms with Gasteiger partial charge in [0, 0.05) is 25.1 Å². The van der Waals surface area contributed by atoms with E-state index in [2.05, 4.69) is 34.7 Å². The lowest BCUT2D eigenvalue weighted by atomic mass is 10.1. The number of aryl methyl sites for hydroxylation is 3. The van der Waals surface area contributed by atoms with Crippen molar-refractivity contribution in [1.82, 2.24) is 14.5 Å². The van der Waals surface area contributed by atoms with Crippen LogP contribution >= 0.6 is 0 Å². The summed E-state index contributed by atoms with van der Waals surface area (Å²) >= 11 is 0. The van der Waals surface area contributed by atoms with E-state index < -0.39 is 0 Å². The van der Waals surface area contributed by atoms with Crippen LogP contribution in [0.5, 0.6) is 0 Å². The van der Waals surface area contributed by atoms with Crippen molar-refractivity contribution >= 4 is 33.9 Å². The number of anilines is 4. The molecular formula is C23H23N5O. The first-order chi connectivity index (χ1) is 14.0. The summed E-state index contributed by atoms with van der Waals surface area (Å²) < 4.78 is 1.56. The maximum atomic E-state index is 12.8. The molecule has 0 unspecified atom stereocenters. The summed E-state index contributed by atoms with van der Waals surface area (Å²) in [6.07, 6.45) is 4.49. The van der Waals surface area contributed by atoms with Gasteiger partial charge in [-0.25, -0.2) is 9.97 Å². The zero-order valence-corrected chi connectivity index (χ0v) is 16.7. The summed E-state index contributed by atoms with van der Waals surface area (Å²) in [4.78, 5) is 21.8. The van der Waals surface area contributed by atoms with Crippen LogP contribution in [0.1, 0.15) is 18.1 Å². The molecule has 0 spiro atoms. The Morgan fingerprint density at radius 3 is 2.52 bits per heavy atom. The molecule has 0 aliphatic carbocycles. The van der Waals surface area contributed by atoms with Crippen molar-refractivity contribution in [2.45, 2.75) is 20.3 Å². The van der Waals surface area contributed by atoms with Crippen molar-refractivity contribution in [1.29, 1.82) is 0 Å². The van der Waals surface area contributed by atoms with Crippen molar-refractivity contribution in [3.05, 3.63) is 82.4 Å². The van der Waals surface area contributed by atoms with Gasteiger partial charge in [-0.2, -0.15) is 0 Å². The Bertz CT molecular complexity index is 1230. The van der Waals surface area contributed by atoms with E-state index >= 15 is 0 Å². The molecule has 0 atom stereocenters. The topological polar surface area (TPSA) is 71.8 Å². The molecule has 0 radical (unpaired) electrons. The number of hydrogen-bond donors (Lipinski definition) is 2. The van der Waals surface area contributed by atoms with E-state index in [-0.39, 0.29) is 5.56 Å². The number of rotatable bonds is 5. The summed E-state index contributed by atoms with van der Waals surface area (Å²) in [6, 6.07) is 15.8. The summed E-state index contributed by atoms with van der Waals surface area (Å²) in [6.45, 7) is 4.13. The van der Waals surface area contributed by atoms with Gasteiger partial charge in [0.1, 0.15) is 17.5 Å². The van der Waals surface area contributed by atoms with E-state index in [1.54, 1.807) is 24.0 Å². The molecule has 2 N–H and O–H groups in total. The molecule has 0 saturated heterocycles. The van der Waals surface area contributed by atoms with Gasteiger partial charge >= 0.3 is 0 Å². The first-order valence-corrected chi connectivity index (χ1v) is 9.59. The number of pyridine rings is 3. The van der Waals surface area contributed by atoms with Gasteiger partial charge in [-0.1, -0.05) is 19.1 Å². The lowest BCUT2D eigenvalue weighted by Crippen LogP contribution is -2.17. The third kappa shape index (κ3) is 3.96. The maximum absolute atomic E-state index is 12.8. The molecule has 146 valence electrons. The zero-order chi connectivity index (χ0) is 20.4. The number of aromatic nitrogens is 3. The van der Waals surface area contributed by atoms with Crippen LogP contribution in [-0.2, 0) is 13.5 Å². The Labute approximate surface area is 169 Å². The monoisotopic (exact) mass is 385 g/mol. The van der Waals surface area contributed by atoms with Gasteiger partial charge in [-0.15, -0.1) is 0 Å². The minimum Gasteiger partial charge on any atom is -0.339 e. The molecule has 3 aromatic heterocycles. The van der Waals surface area contributed by atoms with E-state index in [0.717, 1.165) is 23.1 Å². The minimum absolute atomic E-state index is 0.0945. The predicted molar refractivity (Wildman–Crippen MR) is 118 cm³/mol. The third-order valence-corrected chi connectivity index (χ3v) is 4.86. The van der Waals surface area contributed by atoms with E-state index in [9.17, 15) is 4.79 Å². The molecule has 0 fully saturated rings. The highest BCUT2D eigenvalue weighted by Gasteiger charge is 2.12. The smallest absolute Gasteiger partial charge is 0.261 e. The number of hydrogen-bond acceptors (Lipinski definition) is 5. The Balaban J connectivity index is 1.80. The first kappa shape index (κ1) is 18.7. The lowest BCUT2D eigenvalue weighted by Gasteiger charge is -2.13. The molecule has 4 aromatic rings. The van der Waals surface area contributed by atoms with Crippen LogP contribution in [0.15, 0.2) is 65.7 Å². The van der Waals surface area contributed by atoms with Crippen molar-refractivity contribution in [2.75, 3.05) is 10.6 Å². The number of nitrogens with one attached hydrogen (secondary N) is 2. The van der Waals surface area contributed by atoms with E-state index in [0.29, 0.717) is 22.8 Å². The quantitative estimate of drug-likeness (QED) is 0.522. The molecule has 29 heavy (non-hydrogen) atoms. The molecule has 0 saturated carbocycles. The molecule has 4 rings (SSSR count). The van der Waals surface area contributed by atoms with Crippen LogP contribution in [0.25, 0.3) is 10.8 Å².